The maximum atomic E-state index is 13.4. The van der Waals surface area contributed by atoms with Crippen molar-refractivity contribution in [3.05, 3.63) is 87.4 Å². The number of nitrogens with one attached hydrogen (secondary N) is 2. The predicted octanol–water partition coefficient (Wildman–Crippen LogP) is 5.38. The maximum absolute atomic E-state index is 13.4. The first-order chi connectivity index (χ1) is 16.6. The number of pyridine rings is 2. The molecule has 35 heavy (non-hydrogen) atoms. The number of rotatable bonds is 6. The number of aromatic nitrogens is 2. The molecule has 0 aliphatic heterocycles. The lowest BCUT2D eigenvalue weighted by Crippen LogP contribution is -2.25. The fraction of sp³-hybridized carbons (Fsp3) is 0.125. The van der Waals surface area contributed by atoms with Crippen molar-refractivity contribution < 1.29 is 23.1 Å². The first kappa shape index (κ1) is 24.6. The van der Waals surface area contributed by atoms with Gasteiger partial charge >= 0.3 is 6.18 Å². The number of amides is 1. The molecule has 2 aromatic heterocycles. The number of alkyl halides is 3. The molecule has 1 amide bonds. The van der Waals surface area contributed by atoms with Gasteiger partial charge in [-0.05, 0) is 48.0 Å². The highest BCUT2D eigenvalue weighted by molar-refractivity contribution is 8.00. The molecule has 4 aromatic rings. The number of hydrogen-bond acceptors (Lipinski definition) is 5. The van der Waals surface area contributed by atoms with Crippen LogP contribution in [0.1, 0.15) is 11.1 Å². The number of hydrogen-bond donors (Lipinski definition) is 3. The molecule has 2 heterocycles. The lowest BCUT2D eigenvalue weighted by Gasteiger charge is -2.16. The van der Waals surface area contributed by atoms with Crippen molar-refractivity contribution in [2.75, 3.05) is 5.75 Å². The van der Waals surface area contributed by atoms with Gasteiger partial charge in [0.1, 0.15) is 5.75 Å². The van der Waals surface area contributed by atoms with Crippen LogP contribution >= 0.6 is 23.4 Å². The van der Waals surface area contributed by atoms with Gasteiger partial charge in [-0.2, -0.15) is 13.2 Å². The SMILES string of the molecule is O=C(CSc1c(-c2cc(Cl)ccc2O)c2cc(C(F)(F)F)ccc2[nH]c1=O)NCc1cccnc1. The highest BCUT2D eigenvalue weighted by Gasteiger charge is 2.31. The Hall–Kier alpha value is -3.50. The molecule has 0 aliphatic rings. The van der Waals surface area contributed by atoms with E-state index in [2.05, 4.69) is 15.3 Å². The number of carbonyl (C=O) groups is 1. The van der Waals surface area contributed by atoms with Gasteiger partial charge in [-0.3, -0.25) is 14.6 Å². The average molecular weight is 520 g/mol. The molecule has 6 nitrogen and oxygen atoms in total. The summed E-state index contributed by atoms with van der Waals surface area (Å²) in [6, 6.07) is 10.5. The van der Waals surface area contributed by atoms with Crippen molar-refractivity contribution in [2.45, 2.75) is 17.6 Å². The largest absolute Gasteiger partial charge is 0.507 e. The second-order valence-electron chi connectivity index (χ2n) is 7.50. The van der Waals surface area contributed by atoms with Crippen LogP contribution in [-0.2, 0) is 17.5 Å². The van der Waals surface area contributed by atoms with E-state index in [9.17, 15) is 27.9 Å². The fourth-order valence-electron chi connectivity index (χ4n) is 3.46. The summed E-state index contributed by atoms with van der Waals surface area (Å²) < 4.78 is 40.3. The van der Waals surface area contributed by atoms with Crippen LogP contribution < -0.4 is 10.9 Å². The molecule has 4 rings (SSSR count). The van der Waals surface area contributed by atoms with E-state index < -0.39 is 23.2 Å². The normalized spacial score (nSPS) is 11.5. The van der Waals surface area contributed by atoms with E-state index in [0.717, 1.165) is 35.5 Å². The van der Waals surface area contributed by atoms with Crippen LogP contribution in [0.3, 0.4) is 0 Å². The standard InChI is InChI=1S/C24H17ClF3N3O3S/c25-15-4-6-19(32)17(9-15)21-16-8-14(24(26,27)28)3-5-18(16)31-23(34)22(21)35-12-20(33)30-11-13-2-1-7-29-10-13/h1-10,32H,11-12H2,(H,30,33)(H,31,34). The van der Waals surface area contributed by atoms with E-state index in [0.29, 0.717) is 0 Å². The minimum atomic E-state index is -4.63. The number of aromatic amines is 1. The summed E-state index contributed by atoms with van der Waals surface area (Å²) in [5, 5.41) is 13.5. The van der Waals surface area contributed by atoms with Gasteiger partial charge in [0, 0.05) is 46.0 Å². The molecule has 3 N–H and O–H groups in total. The Balaban J connectivity index is 1.77. The van der Waals surface area contributed by atoms with Crippen LogP contribution in [0.4, 0.5) is 13.2 Å². The average Bonchev–Trinajstić information content (AvgIpc) is 2.82. The Morgan fingerprint density at radius 3 is 2.69 bits per heavy atom. The molecular formula is C24H17ClF3N3O3S. The quantitative estimate of drug-likeness (QED) is 0.297. The van der Waals surface area contributed by atoms with E-state index >= 15 is 0 Å². The first-order valence-electron chi connectivity index (χ1n) is 10.2. The smallest absolute Gasteiger partial charge is 0.416 e. The number of thioether (sulfide) groups is 1. The van der Waals surface area contributed by atoms with Crippen LogP contribution in [0.2, 0.25) is 5.02 Å². The van der Waals surface area contributed by atoms with Gasteiger partial charge in [-0.25, -0.2) is 0 Å². The second-order valence-corrected chi connectivity index (χ2v) is 8.93. The Morgan fingerprint density at radius 2 is 1.97 bits per heavy atom. The topological polar surface area (TPSA) is 95.1 Å². The molecule has 180 valence electrons. The van der Waals surface area contributed by atoms with Gasteiger partial charge in [0.25, 0.3) is 5.56 Å². The van der Waals surface area contributed by atoms with Crippen LogP contribution in [-0.4, -0.2) is 26.7 Å². The number of carbonyl (C=O) groups excluding carboxylic acids is 1. The highest BCUT2D eigenvalue weighted by atomic mass is 35.5. The van der Waals surface area contributed by atoms with Gasteiger partial charge in [0.15, 0.2) is 0 Å². The van der Waals surface area contributed by atoms with Gasteiger partial charge in [-0.1, -0.05) is 17.7 Å². The van der Waals surface area contributed by atoms with Gasteiger partial charge in [0.05, 0.1) is 16.2 Å². The Bertz CT molecular complexity index is 1460. The number of phenols is 1. The molecule has 0 bridgehead atoms. The third kappa shape index (κ3) is 5.60. The van der Waals surface area contributed by atoms with E-state index in [1.807, 2.05) is 0 Å². The number of aromatic hydroxyl groups is 1. The number of phenolic OH excluding ortho intramolecular Hbond substituents is 1. The highest BCUT2D eigenvalue weighted by Crippen LogP contribution is 2.42. The minimum Gasteiger partial charge on any atom is -0.507 e. The molecule has 0 saturated carbocycles. The third-order valence-electron chi connectivity index (χ3n) is 5.09. The number of benzene rings is 2. The molecule has 0 spiro atoms. The lowest BCUT2D eigenvalue weighted by atomic mass is 9.98. The second kappa shape index (κ2) is 10.0. The Kier molecular flexibility index (Phi) is 7.04. The number of H-pyrrole nitrogens is 1. The van der Waals surface area contributed by atoms with Crippen LogP contribution in [0.5, 0.6) is 5.75 Å². The molecule has 0 fully saturated rings. The molecule has 0 radical (unpaired) electrons. The van der Waals surface area contributed by atoms with Crippen molar-refractivity contribution in [1.29, 1.82) is 0 Å². The van der Waals surface area contributed by atoms with E-state index in [1.165, 1.54) is 18.2 Å². The summed E-state index contributed by atoms with van der Waals surface area (Å²) in [5.74, 6) is -0.868. The van der Waals surface area contributed by atoms with Crippen LogP contribution in [0.25, 0.3) is 22.0 Å². The number of fused-ring (bicyclic) bond motifs is 1. The summed E-state index contributed by atoms with van der Waals surface area (Å²) in [6.45, 7) is 0.220. The zero-order valence-corrected chi connectivity index (χ0v) is 19.4. The molecule has 0 unspecified atom stereocenters. The van der Waals surface area contributed by atoms with Crippen molar-refractivity contribution in [1.82, 2.24) is 15.3 Å². The summed E-state index contributed by atoms with van der Waals surface area (Å²) in [6.07, 6.45) is -1.43. The Morgan fingerprint density at radius 1 is 1.17 bits per heavy atom. The first-order valence-corrected chi connectivity index (χ1v) is 11.5. The van der Waals surface area contributed by atoms with Crippen LogP contribution in [0, 0.1) is 0 Å². The fourth-order valence-corrected chi connectivity index (χ4v) is 4.55. The zero-order valence-electron chi connectivity index (χ0n) is 17.8. The van der Waals surface area contributed by atoms with Crippen molar-refractivity contribution in [3.63, 3.8) is 0 Å². The Labute approximate surface area is 206 Å². The van der Waals surface area contributed by atoms with Crippen LogP contribution in [0.15, 0.2) is 70.6 Å². The minimum absolute atomic E-state index is 0.0223. The molecule has 2 aromatic carbocycles. The van der Waals surface area contributed by atoms with Crippen molar-refractivity contribution >= 4 is 40.2 Å². The van der Waals surface area contributed by atoms with Gasteiger partial charge in [0.2, 0.25) is 5.91 Å². The summed E-state index contributed by atoms with van der Waals surface area (Å²) >= 11 is 6.94. The molecule has 0 aliphatic carbocycles. The predicted molar refractivity (Wildman–Crippen MR) is 128 cm³/mol. The molecule has 0 atom stereocenters. The maximum Gasteiger partial charge on any atom is 0.416 e. The summed E-state index contributed by atoms with van der Waals surface area (Å²) in [7, 11) is 0. The lowest BCUT2D eigenvalue weighted by molar-refractivity contribution is -0.137. The van der Waals surface area contributed by atoms with Gasteiger partial charge < -0.3 is 15.4 Å². The zero-order chi connectivity index (χ0) is 25.2. The van der Waals surface area contributed by atoms with E-state index in [1.54, 1.807) is 24.5 Å². The van der Waals surface area contributed by atoms with E-state index in [4.69, 9.17) is 11.6 Å². The third-order valence-corrected chi connectivity index (χ3v) is 6.41. The summed E-state index contributed by atoms with van der Waals surface area (Å²) in [4.78, 5) is 31.9. The number of nitrogens with zero attached hydrogens (tertiary/aromatic N) is 1. The van der Waals surface area contributed by atoms with Crippen molar-refractivity contribution in [3.8, 4) is 16.9 Å². The monoisotopic (exact) mass is 519 g/mol. The molecule has 0 saturated heterocycles. The number of halogens is 4. The molecular weight excluding hydrogens is 503 g/mol. The molecule has 11 heteroatoms. The van der Waals surface area contributed by atoms with Gasteiger partial charge in [-0.15, -0.1) is 11.8 Å². The summed E-state index contributed by atoms with van der Waals surface area (Å²) in [5.41, 5.74) is -0.492. The van der Waals surface area contributed by atoms with E-state index in [-0.39, 0.29) is 50.0 Å². The van der Waals surface area contributed by atoms with Crippen molar-refractivity contribution in [2.24, 2.45) is 0 Å².